The third-order valence-electron chi connectivity index (χ3n) is 3.11. The van der Waals surface area contributed by atoms with E-state index >= 15 is 0 Å². The molecule has 0 saturated carbocycles. The van der Waals surface area contributed by atoms with E-state index in [1.807, 2.05) is 4.57 Å². The molecule has 4 nitrogen and oxygen atoms in total. The van der Waals surface area contributed by atoms with Gasteiger partial charge in [-0.05, 0) is 41.1 Å². The molecule has 5 heteroatoms. The summed E-state index contributed by atoms with van der Waals surface area (Å²) in [6, 6.07) is -0.439. The van der Waals surface area contributed by atoms with Gasteiger partial charge in [-0.2, -0.15) is 0 Å². The monoisotopic (exact) mass is 300 g/mol. The lowest BCUT2D eigenvalue weighted by Gasteiger charge is -2.24. The van der Waals surface area contributed by atoms with Crippen LogP contribution in [0.3, 0.4) is 0 Å². The van der Waals surface area contributed by atoms with Gasteiger partial charge in [-0.15, -0.1) is 0 Å². The summed E-state index contributed by atoms with van der Waals surface area (Å²) in [7, 11) is 0. The average Bonchev–Trinajstić information content (AvgIpc) is 2.55. The van der Waals surface area contributed by atoms with Crippen LogP contribution in [0.5, 0.6) is 0 Å². The van der Waals surface area contributed by atoms with Gasteiger partial charge in [0.05, 0.1) is 5.69 Å². The van der Waals surface area contributed by atoms with E-state index in [9.17, 15) is 9.90 Å². The molecule has 0 bridgehead atoms. The highest BCUT2D eigenvalue weighted by Gasteiger charge is 2.30. The summed E-state index contributed by atoms with van der Waals surface area (Å²) in [4.78, 5) is 15.8. The summed E-state index contributed by atoms with van der Waals surface area (Å²) in [6.45, 7) is 4.24. The van der Waals surface area contributed by atoms with Crippen LogP contribution in [-0.2, 0) is 17.6 Å². The smallest absolute Gasteiger partial charge is 0.326 e. The zero-order valence-electron chi connectivity index (χ0n) is 10.1. The second-order valence-electron chi connectivity index (χ2n) is 4.98. The largest absolute Gasteiger partial charge is 0.480 e. The first-order valence-electron chi connectivity index (χ1n) is 5.99. The maximum atomic E-state index is 11.3. The topological polar surface area (TPSA) is 55.1 Å². The van der Waals surface area contributed by atoms with Crippen molar-refractivity contribution in [3.05, 3.63) is 16.1 Å². The highest BCUT2D eigenvalue weighted by atomic mass is 79.9. The summed E-state index contributed by atoms with van der Waals surface area (Å²) in [5.74, 6) is 0.625. The number of carboxylic acid groups (broad SMARTS) is 1. The molecule has 2 heterocycles. The number of nitrogens with zero attached hydrogens (tertiary/aromatic N) is 2. The summed E-state index contributed by atoms with van der Waals surface area (Å²) in [6.07, 6.45) is 3.36. The molecule has 0 spiro atoms. The normalized spacial score (nSPS) is 19.4. The van der Waals surface area contributed by atoms with E-state index in [0.717, 1.165) is 35.4 Å². The second-order valence-corrected chi connectivity index (χ2v) is 5.73. The Morgan fingerprint density at radius 3 is 2.94 bits per heavy atom. The Morgan fingerprint density at radius 1 is 1.65 bits per heavy atom. The second kappa shape index (κ2) is 4.80. The van der Waals surface area contributed by atoms with E-state index in [0.29, 0.717) is 12.3 Å². The fraction of sp³-hybridized carbons (Fsp3) is 0.667. The molecule has 17 heavy (non-hydrogen) atoms. The molecule has 0 amide bonds. The van der Waals surface area contributed by atoms with Gasteiger partial charge in [0, 0.05) is 6.42 Å². The number of rotatable bonds is 3. The number of carboxylic acids is 1. The standard InChI is InChI=1S/C12H17BrN2O2/c1-7(2)6-10-14-11(13)8-4-3-5-9(12(16)17)15(8)10/h7,9H,3-6H2,1-2H3,(H,16,17). The minimum Gasteiger partial charge on any atom is -0.480 e. The van der Waals surface area contributed by atoms with Crippen molar-refractivity contribution in [2.75, 3.05) is 0 Å². The van der Waals surface area contributed by atoms with Gasteiger partial charge in [0.25, 0.3) is 0 Å². The number of imidazole rings is 1. The van der Waals surface area contributed by atoms with Crippen molar-refractivity contribution in [2.24, 2.45) is 5.92 Å². The number of halogens is 1. The van der Waals surface area contributed by atoms with Gasteiger partial charge < -0.3 is 9.67 Å². The number of aliphatic carboxylic acids is 1. The molecule has 94 valence electrons. The highest BCUT2D eigenvalue weighted by Crippen LogP contribution is 2.32. The van der Waals surface area contributed by atoms with Crippen molar-refractivity contribution in [3.63, 3.8) is 0 Å². The van der Waals surface area contributed by atoms with Crippen LogP contribution in [-0.4, -0.2) is 20.6 Å². The molecule has 2 rings (SSSR count). The van der Waals surface area contributed by atoms with Gasteiger partial charge in [-0.1, -0.05) is 13.8 Å². The van der Waals surface area contributed by atoms with Crippen molar-refractivity contribution in [3.8, 4) is 0 Å². The third kappa shape index (κ3) is 2.39. The number of hydrogen-bond donors (Lipinski definition) is 1. The maximum Gasteiger partial charge on any atom is 0.326 e. The molecule has 1 aliphatic rings. The third-order valence-corrected chi connectivity index (χ3v) is 3.75. The molecule has 0 saturated heterocycles. The lowest BCUT2D eigenvalue weighted by Crippen LogP contribution is -2.26. The molecule has 1 aromatic heterocycles. The lowest BCUT2D eigenvalue weighted by molar-refractivity contribution is -0.141. The van der Waals surface area contributed by atoms with Gasteiger partial charge >= 0.3 is 5.97 Å². The van der Waals surface area contributed by atoms with Crippen molar-refractivity contribution in [1.29, 1.82) is 0 Å². The average molecular weight is 301 g/mol. The Balaban J connectivity index is 2.45. The zero-order valence-corrected chi connectivity index (χ0v) is 11.7. The first-order valence-corrected chi connectivity index (χ1v) is 6.78. The van der Waals surface area contributed by atoms with Crippen LogP contribution in [0.4, 0.5) is 0 Å². The number of fused-ring (bicyclic) bond motifs is 1. The minimum atomic E-state index is -0.749. The van der Waals surface area contributed by atoms with Gasteiger partial charge in [0.15, 0.2) is 0 Å². The molecular formula is C12H17BrN2O2. The van der Waals surface area contributed by atoms with E-state index in [2.05, 4.69) is 34.8 Å². The summed E-state index contributed by atoms with van der Waals surface area (Å²) in [5, 5.41) is 9.29. The van der Waals surface area contributed by atoms with Crippen molar-refractivity contribution in [2.45, 2.75) is 45.6 Å². The van der Waals surface area contributed by atoms with Gasteiger partial charge in [0.1, 0.15) is 16.5 Å². The van der Waals surface area contributed by atoms with E-state index in [-0.39, 0.29) is 0 Å². The SMILES string of the molecule is CC(C)Cc1nc(Br)c2n1C(C(=O)O)CCC2. The van der Waals surface area contributed by atoms with Crippen molar-refractivity contribution >= 4 is 21.9 Å². The van der Waals surface area contributed by atoms with E-state index in [1.165, 1.54) is 0 Å². The molecule has 1 aliphatic heterocycles. The van der Waals surface area contributed by atoms with Crippen LogP contribution in [0.15, 0.2) is 4.60 Å². The number of aromatic nitrogens is 2. The Hall–Kier alpha value is -0.840. The van der Waals surface area contributed by atoms with Crippen LogP contribution in [0.2, 0.25) is 0 Å². The van der Waals surface area contributed by atoms with Crippen LogP contribution in [0, 0.1) is 5.92 Å². The van der Waals surface area contributed by atoms with Gasteiger partial charge in [-0.25, -0.2) is 9.78 Å². The Kier molecular flexibility index (Phi) is 3.56. The van der Waals surface area contributed by atoms with Crippen LogP contribution in [0.25, 0.3) is 0 Å². The van der Waals surface area contributed by atoms with Crippen LogP contribution >= 0.6 is 15.9 Å². The molecule has 1 aromatic rings. The van der Waals surface area contributed by atoms with E-state index < -0.39 is 12.0 Å². The molecule has 1 atom stereocenters. The van der Waals surface area contributed by atoms with Gasteiger partial charge in [-0.3, -0.25) is 0 Å². The van der Waals surface area contributed by atoms with Crippen molar-refractivity contribution in [1.82, 2.24) is 9.55 Å². The number of hydrogen-bond acceptors (Lipinski definition) is 2. The lowest BCUT2D eigenvalue weighted by atomic mass is 10.0. The molecule has 0 radical (unpaired) electrons. The maximum absolute atomic E-state index is 11.3. The van der Waals surface area contributed by atoms with Crippen LogP contribution < -0.4 is 0 Å². The molecule has 1 unspecified atom stereocenters. The molecule has 0 aliphatic carbocycles. The van der Waals surface area contributed by atoms with E-state index in [4.69, 9.17) is 0 Å². The van der Waals surface area contributed by atoms with E-state index in [1.54, 1.807) is 0 Å². The molecular weight excluding hydrogens is 284 g/mol. The summed E-state index contributed by atoms with van der Waals surface area (Å²) >= 11 is 3.44. The summed E-state index contributed by atoms with van der Waals surface area (Å²) in [5.41, 5.74) is 1.04. The summed E-state index contributed by atoms with van der Waals surface area (Å²) < 4.78 is 2.75. The predicted octanol–water partition coefficient (Wildman–Crippen LogP) is 2.81. The Morgan fingerprint density at radius 2 is 2.35 bits per heavy atom. The Bertz CT molecular complexity index is 440. The first-order chi connectivity index (χ1) is 8.00. The molecule has 1 N–H and O–H groups in total. The molecule has 0 aromatic carbocycles. The van der Waals surface area contributed by atoms with Gasteiger partial charge in [0.2, 0.25) is 0 Å². The fourth-order valence-corrected chi connectivity index (χ4v) is 3.01. The fourth-order valence-electron chi connectivity index (χ4n) is 2.41. The zero-order chi connectivity index (χ0) is 12.6. The Labute approximate surface area is 109 Å². The van der Waals surface area contributed by atoms with Crippen LogP contribution in [0.1, 0.15) is 44.2 Å². The minimum absolute atomic E-state index is 0.439. The quantitative estimate of drug-likeness (QED) is 0.934. The molecule has 0 fully saturated rings. The predicted molar refractivity (Wildman–Crippen MR) is 68.1 cm³/mol. The number of carbonyl (C=O) groups is 1. The highest BCUT2D eigenvalue weighted by molar-refractivity contribution is 9.10. The first kappa shape index (κ1) is 12.6. The van der Waals surface area contributed by atoms with Crippen molar-refractivity contribution < 1.29 is 9.90 Å².